The third-order valence-corrected chi connectivity index (χ3v) is 9.72. The van der Waals surface area contributed by atoms with E-state index in [1.54, 1.807) is 0 Å². The van der Waals surface area contributed by atoms with Crippen molar-refractivity contribution in [2.24, 2.45) is 5.92 Å². The summed E-state index contributed by atoms with van der Waals surface area (Å²) in [6.45, 7) is 4.67. The Bertz CT molecular complexity index is 666. The molecule has 1 aromatic heterocycles. The fourth-order valence-electron chi connectivity index (χ4n) is 3.55. The molecule has 0 atom stereocenters. The van der Waals surface area contributed by atoms with Crippen LogP contribution in [0.25, 0.3) is 0 Å². The molecule has 2 aromatic carbocycles. The van der Waals surface area contributed by atoms with Gasteiger partial charge in [-0.2, -0.15) is 0 Å². The quantitative estimate of drug-likeness (QED) is 0.637. The number of hydrogen-bond donors (Lipinski definition) is 0. The molecule has 0 saturated heterocycles. The van der Waals surface area contributed by atoms with Gasteiger partial charge in [0.1, 0.15) is 8.07 Å². The third kappa shape index (κ3) is 3.45. The molecule has 0 aliphatic heterocycles. The molecule has 3 aromatic rings. The summed E-state index contributed by atoms with van der Waals surface area (Å²) in [5.41, 5.74) is 0. The van der Waals surface area contributed by atoms with E-state index >= 15 is 0 Å². The van der Waals surface area contributed by atoms with Crippen LogP contribution in [0.5, 0.6) is 0 Å². The van der Waals surface area contributed by atoms with E-state index in [0.29, 0.717) is 5.92 Å². The molecule has 118 valence electrons. The van der Waals surface area contributed by atoms with Crippen LogP contribution in [-0.2, 0) is 6.17 Å². The predicted molar refractivity (Wildman–Crippen MR) is 99.8 cm³/mol. The number of imidazole rings is 1. The van der Waals surface area contributed by atoms with Crippen molar-refractivity contribution in [3.63, 3.8) is 0 Å². The highest BCUT2D eigenvalue weighted by Crippen LogP contribution is 2.20. The van der Waals surface area contributed by atoms with Gasteiger partial charge in [-0.25, -0.2) is 4.98 Å². The van der Waals surface area contributed by atoms with E-state index in [-0.39, 0.29) is 0 Å². The number of aromatic nitrogens is 2. The van der Waals surface area contributed by atoms with E-state index in [1.165, 1.54) is 16.4 Å². The van der Waals surface area contributed by atoms with E-state index in [0.717, 1.165) is 6.17 Å². The Kier molecular flexibility index (Phi) is 4.77. The van der Waals surface area contributed by atoms with Crippen LogP contribution in [0.4, 0.5) is 0 Å². The summed E-state index contributed by atoms with van der Waals surface area (Å²) in [5, 5.41) is 3.02. The highest BCUT2D eigenvalue weighted by atomic mass is 28.3. The lowest BCUT2D eigenvalue weighted by molar-refractivity contribution is 0.710. The van der Waals surface area contributed by atoms with Gasteiger partial charge >= 0.3 is 0 Å². The smallest absolute Gasteiger partial charge is 0.138 e. The first-order valence-corrected chi connectivity index (χ1v) is 10.7. The molecule has 1 heterocycles. The van der Waals surface area contributed by atoms with Gasteiger partial charge < -0.3 is 4.57 Å². The van der Waals surface area contributed by atoms with Crippen LogP contribution in [0.15, 0.2) is 79.4 Å². The maximum atomic E-state index is 4.26. The van der Waals surface area contributed by atoms with Crippen molar-refractivity contribution in [1.82, 2.24) is 9.55 Å². The van der Waals surface area contributed by atoms with Crippen molar-refractivity contribution in [2.45, 2.75) is 26.1 Å². The minimum atomic E-state index is -1.89. The number of rotatable bonds is 6. The predicted octanol–water partition coefficient (Wildman–Crippen LogP) is 3.34. The lowest BCUT2D eigenvalue weighted by Crippen LogP contribution is -2.62. The van der Waals surface area contributed by atoms with Crippen molar-refractivity contribution < 1.29 is 0 Å². The van der Waals surface area contributed by atoms with Gasteiger partial charge in [0.2, 0.25) is 0 Å². The second-order valence-corrected chi connectivity index (χ2v) is 10.7. The first-order chi connectivity index (χ1) is 11.2. The van der Waals surface area contributed by atoms with E-state index in [9.17, 15) is 0 Å². The number of benzene rings is 2. The zero-order valence-corrected chi connectivity index (χ0v) is 14.9. The molecule has 0 aliphatic rings. The van der Waals surface area contributed by atoms with Crippen molar-refractivity contribution in [3.05, 3.63) is 79.4 Å². The molecule has 0 spiro atoms. The summed E-state index contributed by atoms with van der Waals surface area (Å²) < 4.78 is 2.26. The van der Waals surface area contributed by atoms with E-state index < -0.39 is 8.07 Å². The van der Waals surface area contributed by atoms with Gasteiger partial charge in [-0.1, -0.05) is 84.9 Å². The van der Waals surface area contributed by atoms with Crippen molar-refractivity contribution in [2.75, 3.05) is 0 Å². The number of nitrogens with zero attached hydrogens (tertiary/aromatic N) is 2. The summed E-state index contributed by atoms with van der Waals surface area (Å²) >= 11 is 0. The molecule has 0 aliphatic carbocycles. The molecule has 0 unspecified atom stereocenters. The zero-order valence-electron chi connectivity index (χ0n) is 13.9. The third-order valence-electron chi connectivity index (χ3n) is 4.42. The largest absolute Gasteiger partial charge is 0.340 e. The molecule has 3 heteroatoms. The summed E-state index contributed by atoms with van der Waals surface area (Å²) in [5.74, 6) is 0.658. The van der Waals surface area contributed by atoms with Gasteiger partial charge in [-0.15, -0.1) is 0 Å². The maximum absolute atomic E-state index is 4.26. The average Bonchev–Trinajstić information content (AvgIpc) is 3.08. The first-order valence-electron chi connectivity index (χ1n) is 8.27. The topological polar surface area (TPSA) is 17.8 Å². The SMILES string of the molecule is CC(C)C[Si](Cn1ccnc1)(c1ccccc1)c1ccccc1. The summed E-state index contributed by atoms with van der Waals surface area (Å²) in [6, 6.07) is 23.4. The van der Waals surface area contributed by atoms with Crippen LogP contribution in [0.1, 0.15) is 13.8 Å². The Morgan fingerprint density at radius 2 is 1.48 bits per heavy atom. The number of hydrogen-bond acceptors (Lipinski definition) is 1. The van der Waals surface area contributed by atoms with E-state index in [2.05, 4.69) is 90.3 Å². The van der Waals surface area contributed by atoms with E-state index in [1.807, 2.05) is 12.5 Å². The lowest BCUT2D eigenvalue weighted by Gasteiger charge is -2.35. The van der Waals surface area contributed by atoms with Gasteiger partial charge in [0.05, 0.1) is 6.33 Å². The van der Waals surface area contributed by atoms with Crippen LogP contribution < -0.4 is 10.4 Å². The highest BCUT2D eigenvalue weighted by molar-refractivity contribution is 7.01. The Morgan fingerprint density at radius 3 is 1.91 bits per heavy atom. The van der Waals surface area contributed by atoms with Crippen molar-refractivity contribution in [1.29, 1.82) is 0 Å². The second-order valence-electron chi connectivity index (χ2n) is 6.65. The molecule has 0 amide bonds. The molecule has 0 N–H and O–H groups in total. The van der Waals surface area contributed by atoms with Gasteiger partial charge in [-0.3, -0.25) is 0 Å². The van der Waals surface area contributed by atoms with Gasteiger partial charge in [0, 0.05) is 18.6 Å². The molecule has 23 heavy (non-hydrogen) atoms. The Morgan fingerprint density at radius 1 is 0.913 bits per heavy atom. The maximum Gasteiger partial charge on any atom is 0.138 e. The van der Waals surface area contributed by atoms with Crippen LogP contribution in [0.2, 0.25) is 6.04 Å². The molecule has 3 rings (SSSR count). The molecule has 0 saturated carbocycles. The molecule has 0 fully saturated rings. The Hall–Kier alpha value is -2.13. The van der Waals surface area contributed by atoms with Crippen LogP contribution in [0, 0.1) is 5.92 Å². The molecule has 2 nitrogen and oxygen atoms in total. The van der Waals surface area contributed by atoms with E-state index in [4.69, 9.17) is 0 Å². The zero-order chi connectivity index (χ0) is 16.1. The fourth-order valence-corrected chi connectivity index (χ4v) is 8.72. The van der Waals surface area contributed by atoms with Crippen LogP contribution in [0.3, 0.4) is 0 Å². The van der Waals surface area contributed by atoms with Gasteiger partial charge in [-0.05, 0) is 12.0 Å². The summed E-state index contributed by atoms with van der Waals surface area (Å²) in [6.07, 6.45) is 6.96. The standard InChI is InChI=1S/C20H24N2Si/c1-18(2)15-23(17-22-14-13-21-16-22,19-9-5-3-6-10-19)20-11-7-4-8-12-20/h3-14,16,18H,15,17H2,1-2H3. The van der Waals surface area contributed by atoms with Gasteiger partial charge in [0.25, 0.3) is 0 Å². The summed E-state index contributed by atoms with van der Waals surface area (Å²) in [7, 11) is -1.89. The lowest BCUT2D eigenvalue weighted by atomic mass is 10.3. The second kappa shape index (κ2) is 6.96. The Balaban J connectivity index is 2.16. The average molecular weight is 321 g/mol. The van der Waals surface area contributed by atoms with Gasteiger partial charge in [0.15, 0.2) is 0 Å². The Labute approximate surface area is 139 Å². The molecule has 0 bridgehead atoms. The van der Waals surface area contributed by atoms with Crippen molar-refractivity contribution >= 4 is 18.4 Å². The molecule has 0 radical (unpaired) electrons. The van der Waals surface area contributed by atoms with Crippen LogP contribution in [-0.4, -0.2) is 17.6 Å². The molecular weight excluding hydrogens is 296 g/mol. The minimum Gasteiger partial charge on any atom is -0.340 e. The normalized spacial score (nSPS) is 11.8. The monoisotopic (exact) mass is 320 g/mol. The summed E-state index contributed by atoms with van der Waals surface area (Å²) in [4.78, 5) is 4.26. The van der Waals surface area contributed by atoms with Crippen LogP contribution >= 0.6 is 0 Å². The molecular formula is C20H24N2Si. The first kappa shape index (κ1) is 15.8. The fraction of sp³-hybridized carbons (Fsp3) is 0.250. The highest BCUT2D eigenvalue weighted by Gasteiger charge is 2.38. The minimum absolute atomic E-state index is 0.658. The van der Waals surface area contributed by atoms with Crippen molar-refractivity contribution in [3.8, 4) is 0 Å².